The van der Waals surface area contributed by atoms with Crippen molar-refractivity contribution in [2.24, 2.45) is 17.6 Å². The van der Waals surface area contributed by atoms with Crippen LogP contribution >= 0.6 is 0 Å². The minimum atomic E-state index is -0.130. The van der Waals surface area contributed by atoms with Crippen LogP contribution in [0.4, 0.5) is 5.69 Å². The number of carbonyl (C=O) groups excluding carboxylic acids is 2. The lowest BCUT2D eigenvalue weighted by molar-refractivity contribution is -0.120. The predicted octanol–water partition coefficient (Wildman–Crippen LogP) is 1.67. The first-order valence-electron chi connectivity index (χ1n) is 7.40. The number of aryl methyl sites for hydroxylation is 1. The maximum absolute atomic E-state index is 12.4. The van der Waals surface area contributed by atoms with E-state index in [0.29, 0.717) is 12.1 Å². The average Bonchev–Trinajstić information content (AvgIpc) is 2.97. The quantitative estimate of drug-likeness (QED) is 0.788. The molecule has 0 aromatic heterocycles. The predicted molar refractivity (Wildman–Crippen MR) is 83.1 cm³/mol. The molecule has 5 nitrogen and oxygen atoms in total. The van der Waals surface area contributed by atoms with Crippen LogP contribution in [-0.2, 0) is 4.79 Å². The molecule has 0 saturated heterocycles. The fraction of sp³-hybridized carbons (Fsp3) is 0.500. The SMILES string of the molecule is CNC(=O)c1ccc(NC(=O)C2CCCC2CN)c(C)c1. The molecule has 2 unspecified atom stereocenters. The molecule has 21 heavy (non-hydrogen) atoms. The highest BCUT2D eigenvalue weighted by Crippen LogP contribution is 2.32. The first kappa shape index (κ1) is 15.5. The van der Waals surface area contributed by atoms with E-state index in [1.807, 2.05) is 6.92 Å². The summed E-state index contributed by atoms with van der Waals surface area (Å²) in [7, 11) is 1.60. The number of carbonyl (C=O) groups is 2. The lowest BCUT2D eigenvalue weighted by Gasteiger charge is -2.18. The summed E-state index contributed by atoms with van der Waals surface area (Å²) in [4.78, 5) is 23.9. The molecule has 0 heterocycles. The Morgan fingerprint density at radius 3 is 2.71 bits per heavy atom. The summed E-state index contributed by atoms with van der Waals surface area (Å²) in [5.41, 5.74) is 7.96. The Kier molecular flexibility index (Phi) is 4.96. The molecule has 0 aliphatic heterocycles. The Morgan fingerprint density at radius 1 is 1.33 bits per heavy atom. The molecule has 2 rings (SSSR count). The van der Waals surface area contributed by atoms with Gasteiger partial charge in [0.15, 0.2) is 0 Å². The summed E-state index contributed by atoms with van der Waals surface area (Å²) in [6.45, 7) is 2.45. The molecule has 2 atom stereocenters. The molecular weight excluding hydrogens is 266 g/mol. The molecule has 4 N–H and O–H groups in total. The summed E-state index contributed by atoms with van der Waals surface area (Å²) in [6.07, 6.45) is 3.00. The van der Waals surface area contributed by atoms with E-state index in [2.05, 4.69) is 10.6 Å². The van der Waals surface area contributed by atoms with E-state index in [1.165, 1.54) is 0 Å². The summed E-state index contributed by atoms with van der Waals surface area (Å²) in [6, 6.07) is 5.28. The summed E-state index contributed by atoms with van der Waals surface area (Å²) < 4.78 is 0. The molecule has 1 aliphatic rings. The number of nitrogens with one attached hydrogen (secondary N) is 2. The minimum absolute atomic E-state index is 0.00742. The van der Waals surface area contributed by atoms with Crippen LogP contribution in [-0.4, -0.2) is 25.4 Å². The zero-order valence-corrected chi connectivity index (χ0v) is 12.6. The number of nitrogens with two attached hydrogens (primary N) is 1. The van der Waals surface area contributed by atoms with Crippen molar-refractivity contribution in [2.75, 3.05) is 18.9 Å². The largest absolute Gasteiger partial charge is 0.355 e. The van der Waals surface area contributed by atoms with Crippen molar-refractivity contribution in [1.82, 2.24) is 5.32 Å². The van der Waals surface area contributed by atoms with Crippen LogP contribution in [0, 0.1) is 18.8 Å². The van der Waals surface area contributed by atoms with Gasteiger partial charge in [0.2, 0.25) is 5.91 Å². The van der Waals surface area contributed by atoms with Crippen molar-refractivity contribution in [3.63, 3.8) is 0 Å². The monoisotopic (exact) mass is 289 g/mol. The zero-order valence-electron chi connectivity index (χ0n) is 12.6. The first-order chi connectivity index (χ1) is 10.1. The Morgan fingerprint density at radius 2 is 2.10 bits per heavy atom. The normalized spacial score (nSPS) is 21.1. The molecule has 1 aromatic carbocycles. The van der Waals surface area contributed by atoms with E-state index in [4.69, 9.17) is 5.73 Å². The molecule has 0 bridgehead atoms. The topological polar surface area (TPSA) is 84.2 Å². The smallest absolute Gasteiger partial charge is 0.251 e. The maximum atomic E-state index is 12.4. The van der Waals surface area contributed by atoms with Gasteiger partial charge in [-0.15, -0.1) is 0 Å². The van der Waals surface area contributed by atoms with Crippen LogP contribution in [0.2, 0.25) is 0 Å². The number of anilines is 1. The van der Waals surface area contributed by atoms with Gasteiger partial charge in [-0.1, -0.05) is 6.42 Å². The lowest BCUT2D eigenvalue weighted by atomic mass is 9.95. The van der Waals surface area contributed by atoms with Crippen LogP contribution in [0.15, 0.2) is 18.2 Å². The third-order valence-electron chi connectivity index (χ3n) is 4.27. The molecule has 2 amide bonds. The van der Waals surface area contributed by atoms with Gasteiger partial charge in [-0.05, 0) is 56.0 Å². The Hall–Kier alpha value is -1.88. The zero-order chi connectivity index (χ0) is 15.4. The Labute approximate surface area is 125 Å². The number of rotatable bonds is 4. The minimum Gasteiger partial charge on any atom is -0.355 e. The van der Waals surface area contributed by atoms with Gasteiger partial charge in [-0.2, -0.15) is 0 Å². The van der Waals surface area contributed by atoms with E-state index < -0.39 is 0 Å². The second-order valence-electron chi connectivity index (χ2n) is 5.63. The highest BCUT2D eigenvalue weighted by atomic mass is 16.2. The van der Waals surface area contributed by atoms with Crippen molar-refractivity contribution >= 4 is 17.5 Å². The van der Waals surface area contributed by atoms with Crippen LogP contribution in [0.1, 0.15) is 35.2 Å². The van der Waals surface area contributed by atoms with E-state index in [-0.39, 0.29) is 23.7 Å². The number of benzene rings is 1. The standard InChI is InChI=1S/C16H23N3O2/c1-10-8-11(15(20)18-2)6-7-14(10)19-16(21)13-5-3-4-12(13)9-17/h6-8,12-13H,3-5,9,17H2,1-2H3,(H,18,20)(H,19,21). The molecule has 0 radical (unpaired) electrons. The van der Waals surface area contributed by atoms with Gasteiger partial charge in [0, 0.05) is 24.2 Å². The van der Waals surface area contributed by atoms with E-state index in [0.717, 1.165) is 30.5 Å². The fourth-order valence-corrected chi connectivity index (χ4v) is 2.98. The van der Waals surface area contributed by atoms with Crippen LogP contribution in [0.25, 0.3) is 0 Å². The lowest BCUT2D eigenvalue weighted by Crippen LogP contribution is -2.30. The first-order valence-corrected chi connectivity index (χ1v) is 7.40. The molecule has 1 saturated carbocycles. The Balaban J connectivity index is 2.09. The van der Waals surface area contributed by atoms with Crippen molar-refractivity contribution < 1.29 is 9.59 Å². The van der Waals surface area contributed by atoms with E-state index in [9.17, 15) is 9.59 Å². The van der Waals surface area contributed by atoms with E-state index >= 15 is 0 Å². The van der Waals surface area contributed by atoms with Crippen molar-refractivity contribution in [1.29, 1.82) is 0 Å². The van der Waals surface area contributed by atoms with Crippen molar-refractivity contribution in [2.45, 2.75) is 26.2 Å². The molecule has 5 heteroatoms. The molecule has 0 spiro atoms. The van der Waals surface area contributed by atoms with Crippen molar-refractivity contribution in [3.8, 4) is 0 Å². The molecule has 1 aromatic rings. The Bertz CT molecular complexity index is 542. The number of hydrogen-bond acceptors (Lipinski definition) is 3. The average molecular weight is 289 g/mol. The highest BCUT2D eigenvalue weighted by Gasteiger charge is 2.32. The van der Waals surface area contributed by atoms with Crippen LogP contribution in [0.5, 0.6) is 0 Å². The maximum Gasteiger partial charge on any atom is 0.251 e. The van der Waals surface area contributed by atoms with Crippen LogP contribution in [0.3, 0.4) is 0 Å². The fourth-order valence-electron chi connectivity index (χ4n) is 2.98. The highest BCUT2D eigenvalue weighted by molar-refractivity contribution is 5.97. The summed E-state index contributed by atoms with van der Waals surface area (Å²) in [5, 5.41) is 5.56. The van der Waals surface area contributed by atoms with Gasteiger partial charge in [0.05, 0.1) is 0 Å². The van der Waals surface area contributed by atoms with Crippen molar-refractivity contribution in [3.05, 3.63) is 29.3 Å². The van der Waals surface area contributed by atoms with Crippen LogP contribution < -0.4 is 16.4 Å². The summed E-state index contributed by atoms with van der Waals surface area (Å²) in [5.74, 6) is 0.206. The number of hydrogen-bond donors (Lipinski definition) is 3. The second-order valence-corrected chi connectivity index (χ2v) is 5.63. The second kappa shape index (κ2) is 6.72. The molecule has 114 valence electrons. The van der Waals surface area contributed by atoms with Gasteiger partial charge >= 0.3 is 0 Å². The molecular formula is C16H23N3O2. The van der Waals surface area contributed by atoms with E-state index in [1.54, 1.807) is 25.2 Å². The molecule has 1 aliphatic carbocycles. The van der Waals surface area contributed by atoms with Gasteiger partial charge < -0.3 is 16.4 Å². The van der Waals surface area contributed by atoms with Gasteiger partial charge in [-0.25, -0.2) is 0 Å². The molecule has 1 fully saturated rings. The van der Waals surface area contributed by atoms with Gasteiger partial charge in [0.25, 0.3) is 5.91 Å². The third-order valence-corrected chi connectivity index (χ3v) is 4.27. The third kappa shape index (κ3) is 3.42. The van der Waals surface area contributed by atoms with Gasteiger partial charge in [0.1, 0.15) is 0 Å². The number of amides is 2. The van der Waals surface area contributed by atoms with Gasteiger partial charge in [-0.3, -0.25) is 9.59 Å². The summed E-state index contributed by atoms with van der Waals surface area (Å²) >= 11 is 0.